The van der Waals surface area contributed by atoms with Gasteiger partial charge in [0.25, 0.3) is 0 Å². The van der Waals surface area contributed by atoms with Gasteiger partial charge in [-0.05, 0) is 112 Å². The molecule has 1 aliphatic rings. The molecular weight excluding hydrogens is 893 g/mol. The Labute approximate surface area is 461 Å². The van der Waals surface area contributed by atoms with Gasteiger partial charge in [0.05, 0.1) is 0 Å². The van der Waals surface area contributed by atoms with E-state index in [1.165, 1.54) is 291 Å². The summed E-state index contributed by atoms with van der Waals surface area (Å²) in [7, 11) is 0. The third-order valence-corrected chi connectivity index (χ3v) is 16.7. The highest BCUT2D eigenvalue weighted by molar-refractivity contribution is 5.80. The number of nitrogens with zero attached hydrogens (tertiary/aromatic N) is 2. The Morgan fingerprint density at radius 3 is 1.15 bits per heavy atom. The summed E-state index contributed by atoms with van der Waals surface area (Å²) in [5.41, 5.74) is 21.1. The largest absolute Gasteiger partial charge is 0.493 e. The molecule has 0 spiro atoms. The monoisotopic (exact) mass is 1010 g/mol. The molecule has 3 rings (SSSR count). The van der Waals surface area contributed by atoms with Crippen molar-refractivity contribution < 1.29 is 4.70 Å². The maximum absolute atomic E-state index is 12.5. The van der Waals surface area contributed by atoms with Crippen molar-refractivity contribution in [1.29, 1.82) is 0 Å². The van der Waals surface area contributed by atoms with Gasteiger partial charge >= 0.3 is 0 Å². The molecular formula is C72H120N2. The van der Waals surface area contributed by atoms with Crippen LogP contribution in [0.5, 0.6) is 0 Å². The summed E-state index contributed by atoms with van der Waals surface area (Å²) in [6.07, 6.45) is 72.0. The normalized spacial score (nSPS) is 13.9. The van der Waals surface area contributed by atoms with Gasteiger partial charge in [-0.25, -0.2) is 4.70 Å². The van der Waals surface area contributed by atoms with Crippen molar-refractivity contribution in [3.8, 4) is 0 Å². The second kappa shape index (κ2) is 46.1. The summed E-state index contributed by atoms with van der Waals surface area (Å²) in [5.74, 6) is 1.40. The predicted molar refractivity (Wildman–Crippen MR) is 331 cm³/mol. The number of hydrogen-bond acceptors (Lipinski definition) is 0. The van der Waals surface area contributed by atoms with Gasteiger partial charge < -0.3 is 5.53 Å². The van der Waals surface area contributed by atoms with E-state index in [1.54, 1.807) is 4.70 Å². The van der Waals surface area contributed by atoms with Crippen molar-refractivity contribution >= 4 is 11.4 Å². The molecule has 2 nitrogen and oxygen atoms in total. The molecule has 2 atom stereocenters. The number of unbranched alkanes of at least 4 members (excludes halogenated alkanes) is 31. The zero-order valence-corrected chi connectivity index (χ0v) is 49.9. The van der Waals surface area contributed by atoms with Crippen molar-refractivity contribution in [2.75, 3.05) is 0 Å². The van der Waals surface area contributed by atoms with Gasteiger partial charge in [-0.15, -0.1) is 0 Å². The van der Waals surface area contributed by atoms with Crippen molar-refractivity contribution in [3.63, 3.8) is 0 Å². The Bertz CT molecular complexity index is 1770. The number of benzene rings is 2. The predicted octanol–water partition coefficient (Wildman–Crippen LogP) is 24.8. The highest BCUT2D eigenvalue weighted by Crippen LogP contribution is 2.40. The second-order valence-electron chi connectivity index (χ2n) is 23.4. The van der Waals surface area contributed by atoms with E-state index in [0.717, 1.165) is 37.1 Å². The smallest absolute Gasteiger partial charge is 0.211 e. The summed E-state index contributed by atoms with van der Waals surface area (Å²) in [4.78, 5) is 0. The van der Waals surface area contributed by atoms with E-state index in [2.05, 4.69) is 114 Å². The van der Waals surface area contributed by atoms with E-state index in [-0.39, 0.29) is 0 Å². The fraction of sp³-hybridized carbons (Fsp3) is 0.722. The van der Waals surface area contributed by atoms with Crippen LogP contribution in [-0.2, 0) is 12.8 Å². The molecule has 0 aromatic heterocycles. The molecule has 2 heteroatoms. The van der Waals surface area contributed by atoms with E-state index in [0.29, 0.717) is 11.8 Å². The van der Waals surface area contributed by atoms with Crippen LogP contribution in [0.1, 0.15) is 333 Å². The Morgan fingerprint density at radius 1 is 0.365 bits per heavy atom. The molecule has 74 heavy (non-hydrogen) atoms. The summed E-state index contributed by atoms with van der Waals surface area (Å²) in [6, 6.07) is 18.1. The molecule has 0 N–H and O–H groups in total. The van der Waals surface area contributed by atoms with Gasteiger partial charge in [0.1, 0.15) is 0 Å². The minimum Gasteiger partial charge on any atom is -0.493 e. The van der Waals surface area contributed by atoms with Crippen LogP contribution in [-0.4, -0.2) is 4.70 Å². The Kier molecular flexibility index (Phi) is 40.7. The highest BCUT2D eigenvalue weighted by atomic mass is 15.2. The van der Waals surface area contributed by atoms with E-state index in [9.17, 15) is 5.53 Å². The quantitative estimate of drug-likeness (QED) is 0.0359. The topological polar surface area (TPSA) is 25.3 Å². The lowest BCUT2D eigenvalue weighted by Crippen LogP contribution is -2.09. The van der Waals surface area contributed by atoms with Crippen LogP contribution < -0.4 is 0 Å². The first-order valence-electron chi connectivity index (χ1n) is 33.0. The fourth-order valence-corrected chi connectivity index (χ4v) is 11.8. The molecule has 418 valence electrons. The molecule has 1 heterocycles. The molecule has 0 amide bonds. The van der Waals surface area contributed by atoms with Gasteiger partial charge in [-0.1, -0.05) is 307 Å². The first-order valence-corrected chi connectivity index (χ1v) is 33.0. The molecule has 2 aromatic carbocycles. The summed E-state index contributed by atoms with van der Waals surface area (Å²) in [5, 5.41) is 0. The Morgan fingerprint density at radius 2 is 0.716 bits per heavy atom. The molecule has 0 saturated heterocycles. The number of allylic oxidation sites excluding steroid dienone is 6. The number of hydrogen-bond donors (Lipinski definition) is 0. The van der Waals surface area contributed by atoms with Crippen LogP contribution >= 0.6 is 0 Å². The minimum absolute atomic E-state index is 0.700. The maximum atomic E-state index is 12.5. The van der Waals surface area contributed by atoms with Gasteiger partial charge in [-0.3, -0.25) is 0 Å². The van der Waals surface area contributed by atoms with Crippen LogP contribution in [0.15, 0.2) is 84.5 Å². The minimum atomic E-state index is 0.700. The average Bonchev–Trinajstić information content (AvgIpc) is 3.74. The van der Waals surface area contributed by atoms with E-state index < -0.39 is 0 Å². The molecule has 1 aliphatic heterocycles. The lowest BCUT2D eigenvalue weighted by atomic mass is 9.89. The molecule has 0 radical (unpaired) electrons. The first kappa shape index (κ1) is 65.3. The summed E-state index contributed by atoms with van der Waals surface area (Å²) >= 11 is 0. The third kappa shape index (κ3) is 30.1. The van der Waals surface area contributed by atoms with Crippen molar-refractivity contribution in [2.45, 2.75) is 324 Å². The lowest BCUT2D eigenvalue weighted by molar-refractivity contribution is -0.344. The van der Waals surface area contributed by atoms with Crippen molar-refractivity contribution in [3.05, 3.63) is 112 Å². The van der Waals surface area contributed by atoms with Crippen LogP contribution in [0.2, 0.25) is 0 Å². The first-order chi connectivity index (χ1) is 36.6. The highest BCUT2D eigenvalue weighted by Gasteiger charge is 2.31. The molecule has 0 saturated carbocycles. The SMILES string of the molecule is CCCCCCCCCCCCCC=CCC(CCCCCC)CCc1ccccc1C1=CC(CCCCCC)=C(c2ccccc2CCC(CC=CCCCCCCCCCCCCC)CCCCCC)[N+]1=[N-]. The zero-order valence-electron chi connectivity index (χ0n) is 49.9. The van der Waals surface area contributed by atoms with Crippen LogP contribution in [0, 0.1) is 11.8 Å². The van der Waals surface area contributed by atoms with Crippen LogP contribution in [0.25, 0.3) is 16.9 Å². The van der Waals surface area contributed by atoms with E-state index >= 15 is 0 Å². The van der Waals surface area contributed by atoms with Crippen molar-refractivity contribution in [2.24, 2.45) is 11.8 Å². The van der Waals surface area contributed by atoms with Crippen LogP contribution in [0.3, 0.4) is 0 Å². The molecule has 0 aliphatic carbocycles. The van der Waals surface area contributed by atoms with E-state index in [4.69, 9.17) is 0 Å². The summed E-state index contributed by atoms with van der Waals surface area (Å²) in [6.45, 7) is 11.6. The number of rotatable bonds is 51. The van der Waals surface area contributed by atoms with Gasteiger partial charge in [0.15, 0.2) is 0 Å². The standard InChI is InChI=1S/C72H120N2/c1-6-11-16-21-23-25-27-29-31-33-35-37-39-43-52-64(50-41-18-13-8-3)59-61-66-54-46-48-57-69(66)71-63-68(56-45-20-15-10-5)72(74(71)73)70-58-49-47-55-67(70)62-60-65(51-42-19-14-9-4)53-44-40-38-36-34-32-30-28-26-24-22-17-12-7-2/h39-40,43-44,46-49,54-55,57-58,63-65H,6-38,41-42,45,50-53,56,59-62H2,1-5H3. The zero-order chi connectivity index (χ0) is 52.8. The van der Waals surface area contributed by atoms with Gasteiger partial charge in [0, 0.05) is 22.8 Å². The van der Waals surface area contributed by atoms with E-state index in [1.807, 2.05) is 0 Å². The van der Waals surface area contributed by atoms with Crippen LogP contribution in [0.4, 0.5) is 0 Å². The number of aryl methyl sites for hydroxylation is 2. The van der Waals surface area contributed by atoms with Crippen molar-refractivity contribution in [1.82, 2.24) is 0 Å². The Balaban J connectivity index is 1.66. The molecule has 2 aromatic rings. The average molecular weight is 1010 g/mol. The molecule has 0 bridgehead atoms. The molecule has 0 fully saturated rings. The molecule has 2 unspecified atom stereocenters. The summed E-state index contributed by atoms with van der Waals surface area (Å²) < 4.78 is 1.62. The van der Waals surface area contributed by atoms with Gasteiger partial charge in [0.2, 0.25) is 11.4 Å². The second-order valence-corrected chi connectivity index (χ2v) is 23.4. The lowest BCUT2D eigenvalue weighted by Gasteiger charge is -2.18. The Hall–Kier alpha value is -3.00. The third-order valence-electron chi connectivity index (χ3n) is 16.7. The maximum Gasteiger partial charge on any atom is 0.211 e. The fourth-order valence-electron chi connectivity index (χ4n) is 11.8. The van der Waals surface area contributed by atoms with Gasteiger partial charge in [-0.2, -0.15) is 0 Å².